The first-order chi connectivity index (χ1) is 12.7. The molecule has 1 atom stereocenters. The molecule has 4 nitrogen and oxygen atoms in total. The van der Waals surface area contributed by atoms with Crippen LogP contribution in [0.2, 0.25) is 0 Å². The Hall–Kier alpha value is -2.69. The van der Waals surface area contributed by atoms with Crippen LogP contribution < -0.4 is 5.32 Å². The second kappa shape index (κ2) is 7.51. The lowest BCUT2D eigenvalue weighted by molar-refractivity contribution is -0.117. The smallest absolute Gasteiger partial charge is 0.225 e. The van der Waals surface area contributed by atoms with E-state index in [0.29, 0.717) is 17.9 Å². The minimum Gasteiger partial charge on any atom is -0.310 e. The lowest BCUT2D eigenvalue weighted by Crippen LogP contribution is -2.19. The van der Waals surface area contributed by atoms with Gasteiger partial charge in [0, 0.05) is 18.2 Å². The van der Waals surface area contributed by atoms with Crippen LogP contribution in [0.4, 0.5) is 10.2 Å². The van der Waals surface area contributed by atoms with Gasteiger partial charge in [-0.1, -0.05) is 33.8 Å². The standard InChI is InChI=1S/C22H26FN3O/c1-15(14-22(2,3)4)13-19(27)25-21-20(16-8-10-17(23)11-9-16)24-18-7-5-6-12-26(18)21/h5-12,15H,13-14H2,1-4H3,(H,25,27). The number of hydrogen-bond acceptors (Lipinski definition) is 2. The largest absolute Gasteiger partial charge is 0.310 e. The number of hydrogen-bond donors (Lipinski definition) is 1. The lowest BCUT2D eigenvalue weighted by atomic mass is 9.84. The number of imidazole rings is 1. The summed E-state index contributed by atoms with van der Waals surface area (Å²) in [6, 6.07) is 11.8. The molecule has 1 N–H and O–H groups in total. The van der Waals surface area contributed by atoms with Crippen molar-refractivity contribution in [2.24, 2.45) is 11.3 Å². The number of anilines is 1. The van der Waals surface area contributed by atoms with Crippen molar-refractivity contribution in [2.75, 3.05) is 5.32 Å². The summed E-state index contributed by atoms with van der Waals surface area (Å²) in [7, 11) is 0. The van der Waals surface area contributed by atoms with Crippen LogP contribution in [0.15, 0.2) is 48.7 Å². The van der Waals surface area contributed by atoms with Crippen molar-refractivity contribution >= 4 is 17.4 Å². The van der Waals surface area contributed by atoms with Gasteiger partial charge in [-0.15, -0.1) is 0 Å². The first-order valence-electron chi connectivity index (χ1n) is 9.26. The van der Waals surface area contributed by atoms with Gasteiger partial charge in [-0.05, 0) is 54.2 Å². The molecule has 0 aliphatic carbocycles. The summed E-state index contributed by atoms with van der Waals surface area (Å²) < 4.78 is 15.2. The molecule has 0 saturated carbocycles. The fraction of sp³-hybridized carbons (Fsp3) is 0.364. The fourth-order valence-electron chi connectivity index (χ4n) is 3.54. The van der Waals surface area contributed by atoms with Gasteiger partial charge < -0.3 is 5.32 Å². The molecule has 5 heteroatoms. The van der Waals surface area contributed by atoms with Gasteiger partial charge in [-0.25, -0.2) is 9.37 Å². The van der Waals surface area contributed by atoms with Crippen LogP contribution in [0.1, 0.15) is 40.5 Å². The number of pyridine rings is 1. The molecule has 3 aromatic rings. The summed E-state index contributed by atoms with van der Waals surface area (Å²) in [5.74, 6) is 0.550. The number of benzene rings is 1. The highest BCUT2D eigenvalue weighted by Crippen LogP contribution is 2.30. The summed E-state index contributed by atoms with van der Waals surface area (Å²) in [5, 5.41) is 3.03. The van der Waals surface area contributed by atoms with Gasteiger partial charge in [-0.2, -0.15) is 0 Å². The van der Waals surface area contributed by atoms with Gasteiger partial charge in [0.15, 0.2) is 0 Å². The van der Waals surface area contributed by atoms with E-state index in [1.165, 1.54) is 12.1 Å². The van der Waals surface area contributed by atoms with Crippen molar-refractivity contribution < 1.29 is 9.18 Å². The zero-order valence-electron chi connectivity index (χ0n) is 16.3. The molecular weight excluding hydrogens is 341 g/mol. The summed E-state index contributed by atoms with van der Waals surface area (Å²) in [5.41, 5.74) is 2.31. The number of nitrogens with one attached hydrogen (secondary N) is 1. The molecule has 3 rings (SSSR count). The number of halogens is 1. The Labute approximate surface area is 159 Å². The van der Waals surface area contributed by atoms with E-state index in [-0.39, 0.29) is 23.1 Å². The Bertz CT molecular complexity index is 938. The normalized spacial score (nSPS) is 12.9. The second-order valence-electron chi connectivity index (χ2n) is 8.37. The Morgan fingerprint density at radius 3 is 2.56 bits per heavy atom. The number of amides is 1. The van der Waals surface area contributed by atoms with E-state index in [9.17, 15) is 9.18 Å². The zero-order chi connectivity index (χ0) is 19.6. The molecule has 1 amide bonds. The molecule has 1 aromatic carbocycles. The van der Waals surface area contributed by atoms with Crippen LogP contribution in [0, 0.1) is 17.2 Å². The van der Waals surface area contributed by atoms with Crippen LogP contribution in [-0.4, -0.2) is 15.3 Å². The van der Waals surface area contributed by atoms with Crippen molar-refractivity contribution in [1.82, 2.24) is 9.38 Å². The Balaban J connectivity index is 1.89. The fourth-order valence-corrected chi connectivity index (χ4v) is 3.54. The van der Waals surface area contributed by atoms with Crippen LogP contribution >= 0.6 is 0 Å². The number of nitrogens with zero attached hydrogens (tertiary/aromatic N) is 2. The Kier molecular flexibility index (Phi) is 5.31. The van der Waals surface area contributed by atoms with E-state index in [0.717, 1.165) is 17.6 Å². The predicted molar refractivity (Wildman–Crippen MR) is 107 cm³/mol. The first kappa shape index (κ1) is 19.1. The maximum atomic E-state index is 13.3. The molecule has 0 fully saturated rings. The predicted octanol–water partition coefficient (Wildman–Crippen LogP) is 5.54. The van der Waals surface area contributed by atoms with Crippen LogP contribution in [0.25, 0.3) is 16.9 Å². The zero-order valence-corrected chi connectivity index (χ0v) is 16.3. The second-order valence-corrected chi connectivity index (χ2v) is 8.37. The quantitative estimate of drug-likeness (QED) is 0.643. The SMILES string of the molecule is CC(CC(=O)Nc1c(-c2ccc(F)cc2)nc2ccccn12)CC(C)(C)C. The number of aromatic nitrogens is 2. The Morgan fingerprint density at radius 2 is 1.89 bits per heavy atom. The molecule has 0 aliphatic rings. The van der Waals surface area contributed by atoms with E-state index in [1.807, 2.05) is 28.8 Å². The lowest BCUT2D eigenvalue weighted by Gasteiger charge is -2.22. The Morgan fingerprint density at radius 1 is 1.19 bits per heavy atom. The molecule has 0 aliphatic heterocycles. The highest BCUT2D eigenvalue weighted by Gasteiger charge is 2.20. The molecule has 0 radical (unpaired) electrons. The van der Waals surface area contributed by atoms with Crippen molar-refractivity contribution in [3.63, 3.8) is 0 Å². The minimum atomic E-state index is -0.302. The minimum absolute atomic E-state index is 0.0410. The first-order valence-corrected chi connectivity index (χ1v) is 9.26. The van der Waals surface area contributed by atoms with Gasteiger partial charge in [-0.3, -0.25) is 9.20 Å². The topological polar surface area (TPSA) is 46.4 Å². The number of rotatable bonds is 5. The number of fused-ring (bicyclic) bond motifs is 1. The van der Waals surface area contributed by atoms with Crippen molar-refractivity contribution in [3.05, 3.63) is 54.5 Å². The van der Waals surface area contributed by atoms with E-state index < -0.39 is 0 Å². The molecular formula is C22H26FN3O. The van der Waals surface area contributed by atoms with E-state index in [2.05, 4.69) is 38.0 Å². The molecule has 0 bridgehead atoms. The highest BCUT2D eigenvalue weighted by atomic mass is 19.1. The average molecular weight is 367 g/mol. The summed E-state index contributed by atoms with van der Waals surface area (Å²) in [6.07, 6.45) is 3.28. The third kappa shape index (κ3) is 4.73. The monoisotopic (exact) mass is 367 g/mol. The van der Waals surface area contributed by atoms with E-state index in [1.54, 1.807) is 12.1 Å². The maximum absolute atomic E-state index is 13.3. The van der Waals surface area contributed by atoms with Crippen molar-refractivity contribution in [3.8, 4) is 11.3 Å². The van der Waals surface area contributed by atoms with Gasteiger partial charge >= 0.3 is 0 Å². The van der Waals surface area contributed by atoms with E-state index >= 15 is 0 Å². The van der Waals surface area contributed by atoms with Crippen LogP contribution in [0.5, 0.6) is 0 Å². The molecule has 2 heterocycles. The number of carbonyl (C=O) groups is 1. The molecule has 2 aromatic heterocycles. The maximum Gasteiger partial charge on any atom is 0.225 e. The highest BCUT2D eigenvalue weighted by molar-refractivity contribution is 5.94. The van der Waals surface area contributed by atoms with Crippen LogP contribution in [-0.2, 0) is 4.79 Å². The molecule has 0 saturated heterocycles. The van der Waals surface area contributed by atoms with Crippen LogP contribution in [0.3, 0.4) is 0 Å². The van der Waals surface area contributed by atoms with Gasteiger partial charge in [0.25, 0.3) is 0 Å². The molecule has 142 valence electrons. The summed E-state index contributed by atoms with van der Waals surface area (Å²) >= 11 is 0. The molecule has 27 heavy (non-hydrogen) atoms. The summed E-state index contributed by atoms with van der Waals surface area (Å²) in [6.45, 7) is 8.63. The molecule has 0 spiro atoms. The van der Waals surface area contributed by atoms with Gasteiger partial charge in [0.1, 0.15) is 23.0 Å². The summed E-state index contributed by atoms with van der Waals surface area (Å²) in [4.78, 5) is 17.3. The third-order valence-corrected chi connectivity index (χ3v) is 4.40. The van der Waals surface area contributed by atoms with Gasteiger partial charge in [0.05, 0.1) is 0 Å². The van der Waals surface area contributed by atoms with Crippen molar-refractivity contribution in [1.29, 1.82) is 0 Å². The average Bonchev–Trinajstić information content (AvgIpc) is 2.92. The third-order valence-electron chi connectivity index (χ3n) is 4.40. The van der Waals surface area contributed by atoms with E-state index in [4.69, 9.17) is 0 Å². The van der Waals surface area contributed by atoms with Crippen molar-refractivity contribution in [2.45, 2.75) is 40.5 Å². The van der Waals surface area contributed by atoms with Gasteiger partial charge in [0.2, 0.25) is 5.91 Å². The molecule has 1 unspecified atom stereocenters. The number of carbonyl (C=O) groups excluding carboxylic acids is 1.